The molecule has 1 aliphatic carbocycles. The van der Waals surface area contributed by atoms with Gasteiger partial charge in [0.1, 0.15) is 0 Å². The number of nitrogens with zero attached hydrogens (tertiary/aromatic N) is 2. The SMILES string of the molecule is CCS(=O)C1CCCC(NC(=NC)NCCCN(C)S(=O)(=O)CC)C1.I. The molecule has 0 saturated heterocycles. The van der Waals surface area contributed by atoms with Crippen molar-refractivity contribution < 1.29 is 12.6 Å². The van der Waals surface area contributed by atoms with Crippen LogP contribution >= 0.6 is 24.0 Å². The van der Waals surface area contributed by atoms with Gasteiger partial charge in [-0.3, -0.25) is 9.20 Å². The number of aliphatic imine (C=N–C) groups is 1. The van der Waals surface area contributed by atoms with Crippen LogP contribution in [-0.2, 0) is 20.8 Å². The highest BCUT2D eigenvalue weighted by Gasteiger charge is 2.26. The van der Waals surface area contributed by atoms with E-state index in [9.17, 15) is 12.6 Å². The highest BCUT2D eigenvalue weighted by atomic mass is 127. The van der Waals surface area contributed by atoms with Gasteiger partial charge >= 0.3 is 0 Å². The Morgan fingerprint density at radius 2 is 2.00 bits per heavy atom. The predicted molar refractivity (Wildman–Crippen MR) is 121 cm³/mol. The van der Waals surface area contributed by atoms with Crippen molar-refractivity contribution in [2.75, 3.05) is 38.7 Å². The quantitative estimate of drug-likeness (QED) is 0.208. The van der Waals surface area contributed by atoms with Crippen LogP contribution in [0.4, 0.5) is 0 Å². The number of guanidine groups is 1. The van der Waals surface area contributed by atoms with Crippen molar-refractivity contribution in [3.8, 4) is 0 Å². The molecule has 0 aromatic carbocycles. The summed E-state index contributed by atoms with van der Waals surface area (Å²) in [6.45, 7) is 4.77. The van der Waals surface area contributed by atoms with Crippen LogP contribution in [0.1, 0.15) is 46.0 Å². The fraction of sp³-hybridized carbons (Fsp3) is 0.938. The van der Waals surface area contributed by atoms with Gasteiger partial charge in [0.2, 0.25) is 10.0 Å². The number of sulfonamides is 1. The molecule has 0 spiro atoms. The summed E-state index contributed by atoms with van der Waals surface area (Å²) in [5, 5.41) is 6.94. The molecule has 156 valence electrons. The number of hydrogen-bond donors (Lipinski definition) is 2. The van der Waals surface area contributed by atoms with E-state index in [2.05, 4.69) is 15.6 Å². The zero-order valence-corrected chi connectivity index (χ0v) is 20.3. The molecule has 2 N–H and O–H groups in total. The molecule has 0 amide bonds. The maximum absolute atomic E-state index is 12.0. The summed E-state index contributed by atoms with van der Waals surface area (Å²) in [5.74, 6) is 1.58. The van der Waals surface area contributed by atoms with Gasteiger partial charge in [-0.25, -0.2) is 12.7 Å². The second kappa shape index (κ2) is 13.3. The van der Waals surface area contributed by atoms with Crippen molar-refractivity contribution in [3.05, 3.63) is 0 Å². The highest BCUT2D eigenvalue weighted by molar-refractivity contribution is 14.0. The molecule has 7 nitrogen and oxygen atoms in total. The van der Waals surface area contributed by atoms with Gasteiger partial charge in [-0.2, -0.15) is 0 Å². The van der Waals surface area contributed by atoms with Crippen molar-refractivity contribution in [1.29, 1.82) is 0 Å². The Labute approximate surface area is 178 Å². The highest BCUT2D eigenvalue weighted by Crippen LogP contribution is 2.22. The molecule has 1 aliphatic rings. The average molecular weight is 523 g/mol. The van der Waals surface area contributed by atoms with E-state index in [-0.39, 0.29) is 35.0 Å². The first-order valence-corrected chi connectivity index (χ1v) is 12.1. The minimum atomic E-state index is -3.11. The van der Waals surface area contributed by atoms with E-state index in [1.807, 2.05) is 6.92 Å². The van der Waals surface area contributed by atoms with Gasteiger partial charge in [0.05, 0.1) is 5.75 Å². The van der Waals surface area contributed by atoms with Gasteiger partial charge < -0.3 is 10.6 Å². The Kier molecular flexibility index (Phi) is 13.3. The number of nitrogens with one attached hydrogen (secondary N) is 2. The zero-order valence-electron chi connectivity index (χ0n) is 16.4. The summed E-state index contributed by atoms with van der Waals surface area (Å²) in [6, 6.07) is 0.295. The summed E-state index contributed by atoms with van der Waals surface area (Å²) in [5.41, 5.74) is 0. The van der Waals surface area contributed by atoms with Crippen molar-refractivity contribution in [2.45, 2.75) is 57.2 Å². The maximum Gasteiger partial charge on any atom is 0.213 e. The van der Waals surface area contributed by atoms with E-state index >= 15 is 0 Å². The lowest BCUT2D eigenvalue weighted by Gasteiger charge is -2.30. The first-order chi connectivity index (χ1) is 11.8. The standard InChI is InChI=1S/C16H34N4O3S2.HI/c1-5-24(21)15-10-7-9-14(13-15)19-16(17-3)18-11-8-12-20(4)25(22,23)6-2;/h14-15H,5-13H2,1-4H3,(H2,17,18,19);1H. The van der Waals surface area contributed by atoms with E-state index in [4.69, 9.17) is 0 Å². The Morgan fingerprint density at radius 3 is 2.58 bits per heavy atom. The molecule has 26 heavy (non-hydrogen) atoms. The summed E-state index contributed by atoms with van der Waals surface area (Å²) in [4.78, 5) is 4.24. The molecule has 10 heteroatoms. The summed E-state index contributed by atoms with van der Waals surface area (Å²) >= 11 is 0. The second-order valence-electron chi connectivity index (χ2n) is 6.37. The molecule has 3 atom stereocenters. The average Bonchev–Trinajstić information content (AvgIpc) is 2.63. The molecule has 0 bridgehead atoms. The van der Waals surface area contributed by atoms with Crippen LogP contribution in [0, 0.1) is 0 Å². The third kappa shape index (κ3) is 8.83. The Bertz CT molecular complexity index is 558. The van der Waals surface area contributed by atoms with E-state index in [1.165, 1.54) is 4.31 Å². The van der Waals surface area contributed by atoms with Gasteiger partial charge in [0, 0.05) is 55.0 Å². The number of hydrogen-bond acceptors (Lipinski definition) is 4. The molecule has 0 aliphatic heterocycles. The lowest BCUT2D eigenvalue weighted by Crippen LogP contribution is -2.47. The zero-order chi connectivity index (χ0) is 18.9. The fourth-order valence-corrected chi connectivity index (χ4v) is 5.20. The molecule has 0 radical (unpaired) electrons. The van der Waals surface area contributed by atoms with Crippen LogP contribution in [-0.4, -0.2) is 72.9 Å². The third-order valence-electron chi connectivity index (χ3n) is 4.63. The van der Waals surface area contributed by atoms with Gasteiger partial charge in [-0.1, -0.05) is 13.3 Å². The van der Waals surface area contributed by atoms with E-state index < -0.39 is 20.8 Å². The van der Waals surface area contributed by atoms with Crippen molar-refractivity contribution in [2.24, 2.45) is 4.99 Å². The molecule has 0 aromatic rings. The Morgan fingerprint density at radius 1 is 1.31 bits per heavy atom. The Balaban J connectivity index is 0.00000625. The molecule has 1 rings (SSSR count). The fourth-order valence-electron chi connectivity index (χ4n) is 3.01. The number of rotatable bonds is 9. The van der Waals surface area contributed by atoms with Gasteiger partial charge in [0.15, 0.2) is 5.96 Å². The Hall–Kier alpha value is 0.0600. The first-order valence-electron chi connectivity index (χ1n) is 9.12. The van der Waals surface area contributed by atoms with Crippen LogP contribution in [0.5, 0.6) is 0 Å². The molecule has 1 fully saturated rings. The van der Waals surface area contributed by atoms with Crippen molar-refractivity contribution in [3.63, 3.8) is 0 Å². The van der Waals surface area contributed by atoms with Crippen LogP contribution in [0.15, 0.2) is 4.99 Å². The van der Waals surface area contributed by atoms with Crippen LogP contribution in [0.2, 0.25) is 0 Å². The lowest BCUT2D eigenvalue weighted by atomic mass is 9.95. The third-order valence-corrected chi connectivity index (χ3v) is 8.23. The van der Waals surface area contributed by atoms with Crippen molar-refractivity contribution in [1.82, 2.24) is 14.9 Å². The summed E-state index contributed by atoms with van der Waals surface area (Å²) in [7, 11) is -0.506. The smallest absolute Gasteiger partial charge is 0.213 e. The molecule has 0 aromatic heterocycles. The van der Waals surface area contributed by atoms with Crippen LogP contribution in [0.3, 0.4) is 0 Å². The molecule has 1 saturated carbocycles. The monoisotopic (exact) mass is 522 g/mol. The minimum Gasteiger partial charge on any atom is -0.356 e. The van der Waals surface area contributed by atoms with Gasteiger partial charge in [0.25, 0.3) is 0 Å². The molecule has 0 heterocycles. The second-order valence-corrected chi connectivity index (χ2v) is 10.7. The molecule has 3 unspecified atom stereocenters. The van der Waals surface area contributed by atoms with E-state index in [0.29, 0.717) is 25.6 Å². The lowest BCUT2D eigenvalue weighted by molar-refractivity contribution is 0.412. The molecular formula is C16H35IN4O3S2. The van der Waals surface area contributed by atoms with Crippen LogP contribution < -0.4 is 10.6 Å². The van der Waals surface area contributed by atoms with Gasteiger partial charge in [-0.15, -0.1) is 24.0 Å². The topological polar surface area (TPSA) is 90.9 Å². The maximum atomic E-state index is 12.0. The predicted octanol–water partition coefficient (Wildman–Crippen LogP) is 1.52. The summed E-state index contributed by atoms with van der Waals surface area (Å²) in [6.07, 6.45) is 4.82. The van der Waals surface area contributed by atoms with E-state index in [0.717, 1.165) is 37.4 Å². The minimum absolute atomic E-state index is 0. The van der Waals surface area contributed by atoms with Gasteiger partial charge in [-0.05, 0) is 32.6 Å². The van der Waals surface area contributed by atoms with E-state index in [1.54, 1.807) is 21.0 Å². The number of halogens is 1. The van der Waals surface area contributed by atoms with Crippen molar-refractivity contribution >= 4 is 50.8 Å². The normalized spacial score (nSPS) is 22.6. The molecular weight excluding hydrogens is 487 g/mol. The van der Waals surface area contributed by atoms with Crippen LogP contribution in [0.25, 0.3) is 0 Å². The largest absolute Gasteiger partial charge is 0.356 e. The summed E-state index contributed by atoms with van der Waals surface area (Å²) < 4.78 is 36.8. The first kappa shape index (κ1) is 26.1.